The number of hydrogen-bond donors (Lipinski definition) is 15. The summed E-state index contributed by atoms with van der Waals surface area (Å²) in [5, 5.41) is 21.4. The lowest BCUT2D eigenvalue weighted by Crippen LogP contribution is -2.61. The second-order valence-electron chi connectivity index (χ2n) is 17.9. The van der Waals surface area contributed by atoms with Crippen molar-refractivity contribution >= 4 is 81.9 Å². The van der Waals surface area contributed by atoms with E-state index in [2.05, 4.69) is 57.5 Å². The van der Waals surface area contributed by atoms with Crippen molar-refractivity contribution in [3.05, 3.63) is 71.9 Å². The molecule has 27 heteroatoms. The van der Waals surface area contributed by atoms with Gasteiger partial charge in [0.1, 0.15) is 42.3 Å². The molecule has 0 spiro atoms. The lowest BCUT2D eigenvalue weighted by atomic mass is 10.0. The van der Waals surface area contributed by atoms with Crippen molar-refractivity contribution in [3.63, 3.8) is 0 Å². The van der Waals surface area contributed by atoms with E-state index in [0.717, 1.165) is 5.52 Å². The van der Waals surface area contributed by atoms with Gasteiger partial charge in [0.2, 0.25) is 59.1 Å². The molecule has 10 amide bonds. The number of H-pyrrole nitrogens is 1. The van der Waals surface area contributed by atoms with Gasteiger partial charge >= 0.3 is 0 Å². The first-order valence-electron chi connectivity index (χ1n) is 24.3. The fourth-order valence-corrected chi connectivity index (χ4v) is 8.07. The Kier molecular flexibility index (Phi) is 23.3. The highest BCUT2D eigenvalue weighted by molar-refractivity contribution is 5.99. The molecular formula is C48H69N17O10. The predicted octanol–water partition coefficient (Wildman–Crippen LogP) is -4.48. The molecule has 21 N–H and O–H groups in total. The molecule has 0 bridgehead atoms. The number of carbonyl (C=O) groups is 10. The van der Waals surface area contributed by atoms with E-state index in [1.54, 1.807) is 60.8 Å². The molecule has 1 fully saturated rings. The van der Waals surface area contributed by atoms with Crippen LogP contribution < -0.4 is 76.9 Å². The molecule has 1 aliphatic rings. The number of aromatic amines is 1. The van der Waals surface area contributed by atoms with E-state index in [4.69, 9.17) is 34.4 Å². The van der Waals surface area contributed by atoms with Gasteiger partial charge in [-0.2, -0.15) is 0 Å². The van der Waals surface area contributed by atoms with Crippen molar-refractivity contribution < 1.29 is 47.9 Å². The number of primary amides is 2. The first kappa shape index (κ1) is 58.8. The lowest BCUT2D eigenvalue weighted by molar-refractivity contribution is -0.136. The molecule has 0 aliphatic carbocycles. The third kappa shape index (κ3) is 20.3. The van der Waals surface area contributed by atoms with Crippen molar-refractivity contribution in [1.82, 2.24) is 47.5 Å². The van der Waals surface area contributed by atoms with Crippen LogP contribution >= 0.6 is 0 Å². The van der Waals surface area contributed by atoms with Gasteiger partial charge < -0.3 is 81.9 Å². The topological polar surface area (TPSA) is 464 Å². The van der Waals surface area contributed by atoms with Crippen LogP contribution in [-0.2, 0) is 60.8 Å². The number of aromatic nitrogens is 1. The summed E-state index contributed by atoms with van der Waals surface area (Å²) in [6.45, 7) is 1.28. The molecule has 2 aromatic carbocycles. The molecule has 3 aromatic rings. The molecule has 0 saturated carbocycles. The monoisotopic (exact) mass is 1040 g/mol. The number of para-hydroxylation sites is 1. The summed E-state index contributed by atoms with van der Waals surface area (Å²) in [6.07, 6.45) is 0.376. The SMILES string of the molecule is CC(=O)N[C@@H](CCCN=C(N)N)C(=O)NC1CCCCNC(=O)CC(C(N)=O)NC(=O)[C@H](Cc2c[nH]c3ccccc23)NC(=O)[C@H](CCCN=C(N)N)NC(=O)C(Cc2ccccc2)NC(=O)[C@H](CC(N)=O)NC1=O. The predicted molar refractivity (Wildman–Crippen MR) is 276 cm³/mol. The number of hydrogen-bond acceptors (Lipinski definition) is 12. The fourth-order valence-electron chi connectivity index (χ4n) is 8.07. The van der Waals surface area contributed by atoms with E-state index in [1.807, 2.05) is 0 Å². The Balaban J connectivity index is 1.77. The summed E-state index contributed by atoms with van der Waals surface area (Å²) in [6, 6.07) is 5.33. The van der Waals surface area contributed by atoms with Crippen LogP contribution in [0.15, 0.2) is 70.8 Å². The van der Waals surface area contributed by atoms with Gasteiger partial charge in [0.25, 0.3) is 0 Å². The lowest BCUT2D eigenvalue weighted by Gasteiger charge is -2.28. The minimum Gasteiger partial charge on any atom is -0.370 e. The highest BCUT2D eigenvalue weighted by Gasteiger charge is 2.35. The minimum absolute atomic E-state index is 0.0110. The Morgan fingerprint density at radius 2 is 1.27 bits per heavy atom. The van der Waals surface area contributed by atoms with Crippen molar-refractivity contribution in [2.45, 2.75) is 120 Å². The summed E-state index contributed by atoms with van der Waals surface area (Å²) in [4.78, 5) is 147. The van der Waals surface area contributed by atoms with Gasteiger partial charge in [-0.3, -0.25) is 57.9 Å². The molecule has 406 valence electrons. The number of aliphatic imine (C=N–C) groups is 2. The van der Waals surface area contributed by atoms with Crippen molar-refractivity contribution in [2.24, 2.45) is 44.4 Å². The number of nitrogens with two attached hydrogens (primary N) is 6. The van der Waals surface area contributed by atoms with Gasteiger partial charge in [0.05, 0.1) is 12.8 Å². The molecule has 27 nitrogen and oxygen atoms in total. The highest BCUT2D eigenvalue weighted by Crippen LogP contribution is 2.20. The van der Waals surface area contributed by atoms with Crippen LogP contribution in [0.4, 0.5) is 0 Å². The number of fused-ring (bicyclic) bond motifs is 1. The Hall–Kier alpha value is -8.78. The van der Waals surface area contributed by atoms with Crippen LogP contribution in [0.3, 0.4) is 0 Å². The third-order valence-corrected chi connectivity index (χ3v) is 11.8. The second-order valence-corrected chi connectivity index (χ2v) is 17.9. The molecule has 1 saturated heterocycles. The Bertz CT molecular complexity index is 2560. The zero-order valence-electron chi connectivity index (χ0n) is 41.7. The summed E-state index contributed by atoms with van der Waals surface area (Å²) in [5.41, 5.74) is 35.1. The molecule has 4 rings (SSSR count). The van der Waals surface area contributed by atoms with Gasteiger partial charge in [0.15, 0.2) is 11.9 Å². The molecule has 7 atom stereocenters. The van der Waals surface area contributed by atoms with Gasteiger partial charge in [-0.15, -0.1) is 0 Å². The molecule has 1 aliphatic heterocycles. The van der Waals surface area contributed by atoms with Crippen LogP contribution in [0, 0.1) is 0 Å². The van der Waals surface area contributed by atoms with Gasteiger partial charge in [-0.1, -0.05) is 48.5 Å². The summed E-state index contributed by atoms with van der Waals surface area (Å²) < 4.78 is 0. The number of guanidine groups is 2. The van der Waals surface area contributed by atoms with Crippen LogP contribution in [0.25, 0.3) is 10.9 Å². The number of carbonyl (C=O) groups excluding carboxylic acids is 10. The molecule has 75 heavy (non-hydrogen) atoms. The van der Waals surface area contributed by atoms with Crippen molar-refractivity contribution in [3.8, 4) is 0 Å². The first-order valence-corrected chi connectivity index (χ1v) is 24.3. The Labute approximate surface area is 432 Å². The average molecular weight is 1040 g/mol. The fraction of sp³-hybridized carbons (Fsp3) is 0.458. The zero-order valence-corrected chi connectivity index (χ0v) is 41.7. The maximum Gasteiger partial charge on any atom is 0.243 e. The second kappa shape index (κ2) is 29.7. The highest BCUT2D eigenvalue weighted by atomic mass is 16.2. The van der Waals surface area contributed by atoms with E-state index < -0.39 is 114 Å². The minimum atomic E-state index is -1.73. The van der Waals surface area contributed by atoms with Crippen molar-refractivity contribution in [2.75, 3.05) is 19.6 Å². The first-order chi connectivity index (χ1) is 35.7. The quantitative estimate of drug-likeness (QED) is 0.0325. The van der Waals surface area contributed by atoms with Crippen LogP contribution in [0.5, 0.6) is 0 Å². The van der Waals surface area contributed by atoms with Crippen molar-refractivity contribution in [1.29, 1.82) is 0 Å². The summed E-state index contributed by atoms with van der Waals surface area (Å²) >= 11 is 0. The summed E-state index contributed by atoms with van der Waals surface area (Å²) in [7, 11) is 0. The summed E-state index contributed by atoms with van der Waals surface area (Å²) in [5.74, 6) is -9.28. The number of amides is 10. The van der Waals surface area contributed by atoms with Crippen LogP contribution in [0.1, 0.15) is 75.8 Å². The number of rotatable bonds is 18. The Morgan fingerprint density at radius 3 is 1.92 bits per heavy atom. The standard InChI is InChI=1S/C48H69N17O10/c1-26(66)59-31(16-9-19-56-47(51)52)41(70)60-32-15-7-8-18-55-39(68)24-34(40(50)69)62-45(74)36(22-28-25-58-30-14-6-5-13-29(28)30)64-43(72)33(17-10-20-57-48(53)54)61-44(73)35(21-27-11-3-2-4-12-27)63-46(75)37(23-38(49)67)65-42(32)71/h2-6,11-14,25,31-37,58H,7-10,15-24H2,1H3,(H2,49,67)(H2,50,69)(H,55,68)(H,59,66)(H,60,70)(H,61,73)(H,62,74)(H,63,75)(H,64,72)(H,65,71)(H4,51,52,56)(H4,53,54,57)/t31-,32?,33-,34?,35?,36-,37-/m0/s1. The number of benzene rings is 2. The zero-order chi connectivity index (χ0) is 55.0. The third-order valence-electron chi connectivity index (χ3n) is 11.8. The number of nitrogens with one attached hydrogen (secondary N) is 9. The van der Waals surface area contributed by atoms with Crippen LogP contribution in [-0.4, -0.2) is 138 Å². The normalized spacial score (nSPS) is 21.0. The van der Waals surface area contributed by atoms with Crippen LogP contribution in [0.2, 0.25) is 0 Å². The van der Waals surface area contributed by atoms with Gasteiger partial charge in [-0.25, -0.2) is 0 Å². The van der Waals surface area contributed by atoms with E-state index in [-0.39, 0.29) is 89.3 Å². The van der Waals surface area contributed by atoms with Gasteiger partial charge in [-0.05, 0) is 62.1 Å². The maximum absolute atomic E-state index is 14.6. The van der Waals surface area contributed by atoms with Gasteiger partial charge in [0, 0.05) is 56.5 Å². The molecule has 3 unspecified atom stereocenters. The maximum atomic E-state index is 14.6. The Morgan fingerprint density at radius 1 is 0.680 bits per heavy atom. The average Bonchev–Trinajstić information content (AvgIpc) is 3.76. The largest absolute Gasteiger partial charge is 0.370 e. The molecule has 2 heterocycles. The molecule has 0 radical (unpaired) electrons. The van der Waals surface area contributed by atoms with E-state index in [0.29, 0.717) is 16.5 Å². The van der Waals surface area contributed by atoms with E-state index in [1.165, 1.54) is 6.92 Å². The molecule has 1 aromatic heterocycles. The van der Waals surface area contributed by atoms with E-state index in [9.17, 15) is 47.9 Å². The van der Waals surface area contributed by atoms with E-state index >= 15 is 0 Å². The smallest absolute Gasteiger partial charge is 0.243 e. The number of nitrogens with zero attached hydrogens (tertiary/aromatic N) is 2. The molecular weight excluding hydrogens is 975 g/mol.